The molecule has 1 aliphatic rings. The fourth-order valence-electron chi connectivity index (χ4n) is 3.17. The number of thiazole rings is 1. The van der Waals surface area contributed by atoms with Crippen molar-refractivity contribution in [2.24, 2.45) is 5.41 Å². The van der Waals surface area contributed by atoms with Crippen molar-refractivity contribution in [3.8, 4) is 0 Å². The number of likely N-dealkylation sites (tertiary alicyclic amines) is 1. The highest BCUT2D eigenvalue weighted by atomic mass is 32.1. The summed E-state index contributed by atoms with van der Waals surface area (Å²) in [6.07, 6.45) is 5.64. The molecule has 0 amide bonds. The van der Waals surface area contributed by atoms with E-state index in [2.05, 4.69) is 47.1 Å². The highest BCUT2D eigenvalue weighted by Gasteiger charge is 2.33. The lowest BCUT2D eigenvalue weighted by Crippen LogP contribution is -2.25. The van der Waals surface area contributed by atoms with Gasteiger partial charge >= 0.3 is 0 Å². The molecule has 0 saturated carbocycles. The van der Waals surface area contributed by atoms with Gasteiger partial charge in [0.1, 0.15) is 0 Å². The van der Waals surface area contributed by atoms with E-state index in [1.165, 1.54) is 42.8 Å². The van der Waals surface area contributed by atoms with Gasteiger partial charge in [-0.2, -0.15) is 0 Å². The number of rotatable bonds is 5. The van der Waals surface area contributed by atoms with Crippen LogP contribution in [0, 0.1) is 5.41 Å². The molecule has 0 radical (unpaired) electrons. The fourth-order valence-corrected chi connectivity index (χ4v) is 3.90. The summed E-state index contributed by atoms with van der Waals surface area (Å²) in [5, 5.41) is 0.677. The molecule has 3 nitrogen and oxygen atoms in total. The lowest BCUT2D eigenvalue weighted by atomic mass is 9.83. The van der Waals surface area contributed by atoms with Gasteiger partial charge in [0.15, 0.2) is 5.13 Å². The van der Waals surface area contributed by atoms with Crippen LogP contribution in [0.2, 0.25) is 0 Å². The number of nitrogen functional groups attached to an aromatic ring is 1. The zero-order chi connectivity index (χ0) is 14.7. The Labute approximate surface area is 130 Å². The maximum Gasteiger partial charge on any atom is 0.180 e. The average molecular weight is 301 g/mol. The van der Waals surface area contributed by atoms with Gasteiger partial charge < -0.3 is 5.73 Å². The van der Waals surface area contributed by atoms with Crippen molar-refractivity contribution >= 4 is 16.5 Å². The number of anilines is 1. The first-order chi connectivity index (χ1) is 10.1. The number of hydrogen-bond acceptors (Lipinski definition) is 4. The molecule has 2 heterocycles. The SMILES string of the molecule is CC1(CCc2ccccc2)CCN(Cc2cnc(N)s2)C1. The second-order valence-electron chi connectivity index (χ2n) is 6.42. The molecule has 1 aliphatic heterocycles. The zero-order valence-corrected chi connectivity index (χ0v) is 13.4. The lowest BCUT2D eigenvalue weighted by molar-refractivity contribution is 0.258. The molecule has 112 valence electrons. The maximum absolute atomic E-state index is 5.71. The average Bonchev–Trinajstić information content (AvgIpc) is 3.05. The topological polar surface area (TPSA) is 42.2 Å². The maximum atomic E-state index is 5.71. The van der Waals surface area contributed by atoms with E-state index in [-0.39, 0.29) is 0 Å². The van der Waals surface area contributed by atoms with Crippen molar-refractivity contribution in [3.05, 3.63) is 47.0 Å². The second-order valence-corrected chi connectivity index (χ2v) is 7.57. The highest BCUT2D eigenvalue weighted by molar-refractivity contribution is 7.15. The molecular formula is C17H23N3S. The summed E-state index contributed by atoms with van der Waals surface area (Å²) in [6.45, 7) is 5.79. The van der Waals surface area contributed by atoms with Gasteiger partial charge in [-0.15, -0.1) is 11.3 Å². The Morgan fingerprint density at radius 3 is 2.86 bits per heavy atom. The molecule has 0 bridgehead atoms. The predicted molar refractivity (Wildman–Crippen MR) is 89.3 cm³/mol. The molecule has 3 rings (SSSR count). The summed E-state index contributed by atoms with van der Waals surface area (Å²) in [5.74, 6) is 0. The van der Waals surface area contributed by atoms with Gasteiger partial charge in [0.25, 0.3) is 0 Å². The van der Waals surface area contributed by atoms with Gasteiger partial charge in [0.05, 0.1) is 0 Å². The summed E-state index contributed by atoms with van der Waals surface area (Å²) < 4.78 is 0. The van der Waals surface area contributed by atoms with E-state index >= 15 is 0 Å². The van der Waals surface area contributed by atoms with Crippen LogP contribution in [0.1, 0.15) is 30.2 Å². The van der Waals surface area contributed by atoms with E-state index in [9.17, 15) is 0 Å². The molecule has 2 aromatic rings. The number of aromatic nitrogens is 1. The van der Waals surface area contributed by atoms with Crippen LogP contribution in [-0.4, -0.2) is 23.0 Å². The first-order valence-electron chi connectivity index (χ1n) is 7.59. The van der Waals surface area contributed by atoms with E-state index in [4.69, 9.17) is 5.73 Å². The van der Waals surface area contributed by atoms with E-state index in [0.29, 0.717) is 10.5 Å². The molecule has 21 heavy (non-hydrogen) atoms. The largest absolute Gasteiger partial charge is 0.375 e. The van der Waals surface area contributed by atoms with Crippen LogP contribution in [0.3, 0.4) is 0 Å². The van der Waals surface area contributed by atoms with Crippen molar-refractivity contribution in [2.45, 2.75) is 32.7 Å². The summed E-state index contributed by atoms with van der Waals surface area (Å²) in [7, 11) is 0. The van der Waals surface area contributed by atoms with Crippen molar-refractivity contribution in [1.29, 1.82) is 0 Å². The molecule has 1 unspecified atom stereocenters. The smallest absolute Gasteiger partial charge is 0.180 e. The van der Waals surface area contributed by atoms with Crippen LogP contribution < -0.4 is 5.73 Å². The van der Waals surface area contributed by atoms with Crippen LogP contribution in [-0.2, 0) is 13.0 Å². The minimum absolute atomic E-state index is 0.437. The third-order valence-corrected chi connectivity index (χ3v) is 5.26. The zero-order valence-electron chi connectivity index (χ0n) is 12.6. The molecule has 1 saturated heterocycles. The van der Waals surface area contributed by atoms with Crippen molar-refractivity contribution in [1.82, 2.24) is 9.88 Å². The number of nitrogens with two attached hydrogens (primary N) is 1. The highest BCUT2D eigenvalue weighted by Crippen LogP contribution is 2.35. The molecule has 2 N–H and O–H groups in total. The summed E-state index contributed by atoms with van der Waals surface area (Å²) in [4.78, 5) is 7.96. The second kappa shape index (κ2) is 6.16. The first kappa shape index (κ1) is 14.5. The van der Waals surface area contributed by atoms with Gasteiger partial charge in [0.2, 0.25) is 0 Å². The number of nitrogens with zero attached hydrogens (tertiary/aromatic N) is 2. The van der Waals surface area contributed by atoms with Crippen LogP contribution in [0.25, 0.3) is 0 Å². The fraction of sp³-hybridized carbons (Fsp3) is 0.471. The van der Waals surface area contributed by atoms with Crippen LogP contribution in [0.15, 0.2) is 36.5 Å². The molecule has 0 spiro atoms. The summed E-state index contributed by atoms with van der Waals surface area (Å²) in [5.41, 5.74) is 7.60. The normalized spacial score (nSPS) is 22.7. The third-order valence-electron chi connectivity index (χ3n) is 4.45. The Morgan fingerprint density at radius 2 is 2.14 bits per heavy atom. The van der Waals surface area contributed by atoms with Gasteiger partial charge in [0, 0.05) is 24.2 Å². The van der Waals surface area contributed by atoms with E-state index in [0.717, 1.165) is 6.54 Å². The standard InChI is InChI=1S/C17H23N3S/c1-17(8-7-14-5-3-2-4-6-14)9-10-20(13-17)12-15-11-19-16(18)21-15/h2-6,11H,7-10,12-13H2,1H3,(H2,18,19). The summed E-state index contributed by atoms with van der Waals surface area (Å²) >= 11 is 1.61. The minimum atomic E-state index is 0.437. The van der Waals surface area contributed by atoms with Gasteiger partial charge in [-0.1, -0.05) is 37.3 Å². The predicted octanol–water partition coefficient (Wildman–Crippen LogP) is 3.57. The number of aryl methyl sites for hydroxylation is 1. The monoisotopic (exact) mass is 301 g/mol. The Balaban J connectivity index is 1.52. The molecular weight excluding hydrogens is 278 g/mol. The van der Waals surface area contributed by atoms with Gasteiger partial charge in [-0.05, 0) is 36.8 Å². The van der Waals surface area contributed by atoms with Crippen LogP contribution >= 0.6 is 11.3 Å². The molecule has 1 atom stereocenters. The molecule has 1 fully saturated rings. The molecule has 1 aromatic carbocycles. The number of hydrogen-bond donors (Lipinski definition) is 1. The van der Waals surface area contributed by atoms with E-state index < -0.39 is 0 Å². The van der Waals surface area contributed by atoms with E-state index in [1.54, 1.807) is 11.3 Å². The Kier molecular flexibility index (Phi) is 4.27. The first-order valence-corrected chi connectivity index (χ1v) is 8.41. The van der Waals surface area contributed by atoms with Crippen molar-refractivity contribution in [2.75, 3.05) is 18.8 Å². The summed E-state index contributed by atoms with van der Waals surface area (Å²) in [6, 6.07) is 10.8. The number of benzene rings is 1. The van der Waals surface area contributed by atoms with E-state index in [1.807, 2.05) is 6.20 Å². The van der Waals surface area contributed by atoms with Crippen molar-refractivity contribution in [3.63, 3.8) is 0 Å². The Morgan fingerprint density at radius 1 is 1.33 bits per heavy atom. The van der Waals surface area contributed by atoms with Gasteiger partial charge in [-0.3, -0.25) is 4.90 Å². The third kappa shape index (κ3) is 3.83. The van der Waals surface area contributed by atoms with Crippen LogP contribution in [0.4, 0.5) is 5.13 Å². The lowest BCUT2D eigenvalue weighted by Gasteiger charge is -2.24. The van der Waals surface area contributed by atoms with Gasteiger partial charge in [-0.25, -0.2) is 4.98 Å². The molecule has 4 heteroatoms. The minimum Gasteiger partial charge on any atom is -0.375 e. The van der Waals surface area contributed by atoms with Crippen LogP contribution in [0.5, 0.6) is 0 Å². The quantitative estimate of drug-likeness (QED) is 0.918. The Hall–Kier alpha value is -1.39. The Bertz CT molecular complexity index is 581. The molecule has 1 aromatic heterocycles. The van der Waals surface area contributed by atoms with Crippen molar-refractivity contribution < 1.29 is 0 Å². The molecule has 0 aliphatic carbocycles.